The summed E-state index contributed by atoms with van der Waals surface area (Å²) in [5.74, 6) is 1.25. The molecule has 5 nitrogen and oxygen atoms in total. The molecule has 0 radical (unpaired) electrons. The third-order valence-electron chi connectivity index (χ3n) is 2.41. The second-order valence-electron chi connectivity index (χ2n) is 3.65. The van der Waals surface area contributed by atoms with Crippen LogP contribution in [-0.2, 0) is 10.8 Å². The van der Waals surface area contributed by atoms with Gasteiger partial charge in [-0.3, -0.25) is 9.00 Å². The summed E-state index contributed by atoms with van der Waals surface area (Å²) in [6.45, 7) is 2.22. The average molecular weight is 270 g/mol. The molecule has 0 aromatic heterocycles. The zero-order chi connectivity index (χ0) is 13.5. The Morgan fingerprint density at radius 2 is 2.22 bits per heavy atom. The van der Waals surface area contributed by atoms with Crippen LogP contribution >= 0.6 is 0 Å². The van der Waals surface area contributed by atoms with Crippen molar-refractivity contribution in [1.29, 1.82) is 0 Å². The molecule has 0 spiro atoms. The second-order valence-corrected chi connectivity index (χ2v) is 5.51. The van der Waals surface area contributed by atoms with E-state index < -0.39 is 10.8 Å². The normalized spacial score (nSPS) is 11.9. The van der Waals surface area contributed by atoms with E-state index in [2.05, 4.69) is 5.32 Å². The van der Waals surface area contributed by atoms with E-state index in [1.165, 1.54) is 7.11 Å². The van der Waals surface area contributed by atoms with E-state index in [0.717, 1.165) is 0 Å². The lowest BCUT2D eigenvalue weighted by Crippen LogP contribution is -2.28. The first-order chi connectivity index (χ1) is 8.58. The molecule has 0 heterocycles. The summed E-state index contributed by atoms with van der Waals surface area (Å²) in [7, 11) is 0.612. The van der Waals surface area contributed by atoms with Crippen molar-refractivity contribution in [2.24, 2.45) is 0 Å². The summed E-state index contributed by atoms with van der Waals surface area (Å²) in [5.41, 5.74) is 6.52. The zero-order valence-corrected chi connectivity index (χ0v) is 11.4. The molecule has 0 fully saturated rings. The summed E-state index contributed by atoms with van der Waals surface area (Å²) in [6, 6.07) is 4.88. The van der Waals surface area contributed by atoms with Crippen LogP contribution < -0.4 is 15.8 Å². The van der Waals surface area contributed by atoms with Gasteiger partial charge in [-0.15, -0.1) is 0 Å². The van der Waals surface area contributed by atoms with Crippen molar-refractivity contribution in [1.82, 2.24) is 5.32 Å². The van der Waals surface area contributed by atoms with Crippen LogP contribution in [0.15, 0.2) is 18.2 Å². The Morgan fingerprint density at radius 3 is 2.83 bits per heavy atom. The summed E-state index contributed by atoms with van der Waals surface area (Å²) in [6.07, 6.45) is 0. The summed E-state index contributed by atoms with van der Waals surface area (Å²) >= 11 is 0. The van der Waals surface area contributed by atoms with E-state index >= 15 is 0 Å². The van der Waals surface area contributed by atoms with E-state index in [1.54, 1.807) is 18.2 Å². The first kappa shape index (κ1) is 14.5. The lowest BCUT2D eigenvalue weighted by atomic mass is 10.1. The molecule has 0 aliphatic carbocycles. The van der Waals surface area contributed by atoms with Gasteiger partial charge < -0.3 is 15.8 Å². The Bertz CT molecular complexity index is 449. The first-order valence-corrected chi connectivity index (χ1v) is 7.14. The average Bonchev–Trinajstić information content (AvgIpc) is 2.38. The second kappa shape index (κ2) is 7.00. The van der Waals surface area contributed by atoms with Gasteiger partial charge in [-0.25, -0.2) is 0 Å². The minimum Gasteiger partial charge on any atom is -0.496 e. The van der Waals surface area contributed by atoms with Gasteiger partial charge >= 0.3 is 0 Å². The van der Waals surface area contributed by atoms with Crippen LogP contribution in [0.3, 0.4) is 0 Å². The van der Waals surface area contributed by atoms with Crippen molar-refractivity contribution < 1.29 is 13.7 Å². The SMILES string of the molecule is CCS(=O)CCNC(=O)c1cc(N)ccc1OC. The van der Waals surface area contributed by atoms with Crippen molar-refractivity contribution >= 4 is 22.4 Å². The molecule has 0 aliphatic heterocycles. The van der Waals surface area contributed by atoms with Crippen molar-refractivity contribution in [2.45, 2.75) is 6.92 Å². The fourth-order valence-electron chi connectivity index (χ4n) is 1.42. The molecule has 1 amide bonds. The number of rotatable bonds is 6. The number of hydrogen-bond acceptors (Lipinski definition) is 4. The lowest BCUT2D eigenvalue weighted by molar-refractivity contribution is 0.0953. The number of methoxy groups -OCH3 is 1. The van der Waals surface area contributed by atoms with Gasteiger partial charge in [-0.1, -0.05) is 6.92 Å². The van der Waals surface area contributed by atoms with Gasteiger partial charge in [0.25, 0.3) is 5.91 Å². The predicted molar refractivity (Wildman–Crippen MR) is 73.3 cm³/mol. The molecule has 1 unspecified atom stereocenters. The summed E-state index contributed by atoms with van der Waals surface area (Å²) in [5, 5.41) is 2.70. The number of nitrogens with one attached hydrogen (secondary N) is 1. The van der Waals surface area contributed by atoms with Crippen LogP contribution in [0.2, 0.25) is 0 Å². The summed E-state index contributed by atoms with van der Waals surface area (Å²) in [4.78, 5) is 11.9. The smallest absolute Gasteiger partial charge is 0.255 e. The number of ether oxygens (including phenoxy) is 1. The van der Waals surface area contributed by atoms with E-state index in [9.17, 15) is 9.00 Å². The van der Waals surface area contributed by atoms with Crippen LogP contribution in [0.1, 0.15) is 17.3 Å². The highest BCUT2D eigenvalue weighted by molar-refractivity contribution is 7.84. The van der Waals surface area contributed by atoms with E-state index in [1.807, 2.05) is 6.92 Å². The first-order valence-electron chi connectivity index (χ1n) is 5.65. The zero-order valence-electron chi connectivity index (χ0n) is 10.6. The molecule has 0 saturated heterocycles. The molecule has 1 rings (SSSR count). The number of carbonyl (C=O) groups excluding carboxylic acids is 1. The molecular formula is C12H18N2O3S. The Balaban J connectivity index is 2.66. The lowest BCUT2D eigenvalue weighted by Gasteiger charge is -2.09. The van der Waals surface area contributed by atoms with Crippen LogP contribution in [0, 0.1) is 0 Å². The van der Waals surface area contributed by atoms with Crippen molar-refractivity contribution in [3.8, 4) is 5.75 Å². The van der Waals surface area contributed by atoms with Gasteiger partial charge in [0.05, 0.1) is 12.7 Å². The van der Waals surface area contributed by atoms with Crippen molar-refractivity contribution in [3.05, 3.63) is 23.8 Å². The number of carbonyl (C=O) groups is 1. The fourth-order valence-corrected chi connectivity index (χ4v) is 2.04. The Kier molecular flexibility index (Phi) is 5.64. The molecule has 1 aromatic rings. The third-order valence-corrected chi connectivity index (χ3v) is 3.71. The van der Waals surface area contributed by atoms with Crippen LogP contribution in [0.5, 0.6) is 5.75 Å². The molecular weight excluding hydrogens is 252 g/mol. The van der Waals surface area contributed by atoms with E-state index in [0.29, 0.717) is 35.1 Å². The standard InChI is InChI=1S/C12H18N2O3S/c1-3-18(16)7-6-14-12(15)10-8-9(13)4-5-11(10)17-2/h4-5,8H,3,6-7,13H2,1-2H3,(H,14,15). The number of hydrogen-bond donors (Lipinski definition) is 2. The van der Waals surface area contributed by atoms with Crippen molar-refractivity contribution in [2.75, 3.05) is 30.9 Å². The van der Waals surface area contributed by atoms with Crippen molar-refractivity contribution in [3.63, 3.8) is 0 Å². The Labute approximate surface area is 109 Å². The number of benzene rings is 1. The maximum Gasteiger partial charge on any atom is 0.255 e. The molecule has 0 saturated carbocycles. The monoisotopic (exact) mass is 270 g/mol. The quantitative estimate of drug-likeness (QED) is 0.748. The van der Waals surface area contributed by atoms with E-state index in [4.69, 9.17) is 10.5 Å². The number of anilines is 1. The Morgan fingerprint density at radius 1 is 1.50 bits per heavy atom. The number of nitrogens with two attached hydrogens (primary N) is 1. The molecule has 6 heteroatoms. The van der Waals surface area contributed by atoms with Gasteiger partial charge in [0.2, 0.25) is 0 Å². The molecule has 100 valence electrons. The predicted octanol–water partition coefficient (Wildman–Crippen LogP) is 0.776. The minimum atomic E-state index is -0.882. The van der Waals surface area contributed by atoms with E-state index in [-0.39, 0.29) is 5.91 Å². The molecule has 1 aromatic carbocycles. The molecule has 18 heavy (non-hydrogen) atoms. The topological polar surface area (TPSA) is 81.4 Å². The largest absolute Gasteiger partial charge is 0.496 e. The van der Waals surface area contributed by atoms with Gasteiger partial charge in [0.15, 0.2) is 0 Å². The highest BCUT2D eigenvalue weighted by Crippen LogP contribution is 2.20. The van der Waals surface area contributed by atoms with Gasteiger partial charge in [0.1, 0.15) is 5.75 Å². The van der Waals surface area contributed by atoms with Crippen LogP contribution in [-0.4, -0.2) is 35.3 Å². The Hall–Kier alpha value is -1.56. The molecule has 3 N–H and O–H groups in total. The molecule has 1 atom stereocenters. The highest BCUT2D eigenvalue weighted by atomic mass is 32.2. The molecule has 0 aliphatic rings. The third kappa shape index (κ3) is 4.03. The maximum absolute atomic E-state index is 11.9. The highest BCUT2D eigenvalue weighted by Gasteiger charge is 2.12. The van der Waals surface area contributed by atoms with Gasteiger partial charge in [-0.2, -0.15) is 0 Å². The van der Waals surface area contributed by atoms with Crippen LogP contribution in [0.4, 0.5) is 5.69 Å². The molecule has 0 bridgehead atoms. The fraction of sp³-hybridized carbons (Fsp3) is 0.417. The number of nitrogen functional groups attached to an aromatic ring is 1. The van der Waals surface area contributed by atoms with Gasteiger partial charge in [0, 0.05) is 34.5 Å². The minimum absolute atomic E-state index is 0.271. The number of amides is 1. The summed E-state index contributed by atoms with van der Waals surface area (Å²) < 4.78 is 16.3. The van der Waals surface area contributed by atoms with Crippen LogP contribution in [0.25, 0.3) is 0 Å². The maximum atomic E-state index is 11.9. The van der Waals surface area contributed by atoms with Gasteiger partial charge in [-0.05, 0) is 18.2 Å².